The zero-order chi connectivity index (χ0) is 30.8. The van der Waals surface area contributed by atoms with E-state index in [1.807, 2.05) is 12.5 Å². The Balaban J connectivity index is 1.44. The van der Waals surface area contributed by atoms with Gasteiger partial charge in [0, 0.05) is 31.3 Å². The van der Waals surface area contributed by atoms with Crippen molar-refractivity contribution in [1.82, 2.24) is 15.6 Å². The second kappa shape index (κ2) is 13.2. The number of guanidine groups is 1. The van der Waals surface area contributed by atoms with Gasteiger partial charge in [-0.05, 0) is 88.6 Å². The number of ketones is 1. The largest absolute Gasteiger partial charge is 0.481 e. The molecule has 5 rings (SSSR count). The van der Waals surface area contributed by atoms with E-state index < -0.39 is 18.1 Å². The number of nitrogens with two attached hydrogens (primary N) is 1. The van der Waals surface area contributed by atoms with Crippen LogP contribution in [-0.4, -0.2) is 79.0 Å². The van der Waals surface area contributed by atoms with Crippen molar-refractivity contribution in [3.05, 3.63) is 10.1 Å². The molecule has 42 heavy (non-hydrogen) atoms. The molecule has 1 unspecified atom stereocenters. The van der Waals surface area contributed by atoms with Gasteiger partial charge in [0.25, 0.3) is 5.96 Å². The maximum Gasteiger partial charge on any atom is 0.481 e. The van der Waals surface area contributed by atoms with Gasteiger partial charge in [0.05, 0.1) is 17.6 Å². The number of carbonyl (C=O) groups excluding carboxylic acids is 2. The molecule has 0 spiro atoms. The summed E-state index contributed by atoms with van der Waals surface area (Å²) in [5.74, 6) is 0.0194. The third-order valence-corrected chi connectivity index (χ3v) is 10.4. The highest BCUT2D eigenvalue weighted by atomic mass is 16.7. The van der Waals surface area contributed by atoms with Crippen LogP contribution in [0.15, 0.2) is 4.99 Å². The highest BCUT2D eigenvalue weighted by Crippen LogP contribution is 2.65. The van der Waals surface area contributed by atoms with Crippen LogP contribution in [0.4, 0.5) is 0 Å². The molecule has 0 aromatic carbocycles. The Morgan fingerprint density at radius 3 is 2.64 bits per heavy atom. The number of nitrogens with zero attached hydrogens (tertiary/aromatic N) is 3. The van der Waals surface area contributed by atoms with Crippen molar-refractivity contribution in [3.8, 4) is 0 Å². The number of amides is 1. The van der Waals surface area contributed by atoms with Crippen LogP contribution >= 0.6 is 0 Å². The predicted molar refractivity (Wildman–Crippen MR) is 161 cm³/mol. The molecule has 0 aromatic heterocycles. The second-order valence-corrected chi connectivity index (χ2v) is 14.3. The third kappa shape index (κ3) is 7.27. The number of hydrogen-bond donors (Lipinski definition) is 3. The monoisotopic (exact) mass is 590 g/mol. The molecule has 5 aliphatic rings. The maximum atomic E-state index is 13.9. The van der Waals surface area contributed by atoms with Crippen molar-refractivity contribution in [2.24, 2.45) is 45.7 Å². The molecule has 2 aliphatic heterocycles. The fraction of sp³-hybridized carbons (Fsp3) is 0.897. The van der Waals surface area contributed by atoms with E-state index in [0.717, 1.165) is 32.2 Å². The van der Waals surface area contributed by atoms with Crippen LogP contribution in [-0.2, 0) is 18.9 Å². The normalized spacial score (nSPS) is 32.1. The van der Waals surface area contributed by atoms with Gasteiger partial charge in [0.15, 0.2) is 5.03 Å². The summed E-state index contributed by atoms with van der Waals surface area (Å²) in [5, 5.41) is 13.1. The van der Waals surface area contributed by atoms with E-state index in [4.69, 9.17) is 15.0 Å². The van der Waals surface area contributed by atoms with Crippen LogP contribution in [0.2, 0.25) is 0 Å². The molecule has 4 N–H and O–H groups in total. The summed E-state index contributed by atoms with van der Waals surface area (Å²) in [7, 11) is 1.48. The van der Waals surface area contributed by atoms with Gasteiger partial charge < -0.3 is 25.3 Å². The van der Waals surface area contributed by atoms with Gasteiger partial charge in [-0.3, -0.25) is 9.59 Å². The molecule has 2 bridgehead atoms. The first-order valence-electron chi connectivity index (χ1n) is 15.8. The lowest BCUT2D eigenvalue weighted by molar-refractivity contribution is -0.525. The van der Waals surface area contributed by atoms with E-state index in [2.05, 4.69) is 49.8 Å². The summed E-state index contributed by atoms with van der Waals surface area (Å²) >= 11 is 0. The van der Waals surface area contributed by atoms with Crippen LogP contribution < -0.4 is 16.5 Å². The van der Waals surface area contributed by atoms with Crippen LogP contribution in [0.3, 0.4) is 0 Å². The predicted octanol–water partition coefficient (Wildman–Crippen LogP) is 2.58. The Bertz CT molecular complexity index is 1040. The molecule has 5 fully saturated rings. The Morgan fingerprint density at radius 2 is 2.00 bits per heavy atom. The Hall–Kier alpha value is -2.25. The fourth-order valence-corrected chi connectivity index (χ4v) is 7.95. The molecule has 2 saturated heterocycles. The van der Waals surface area contributed by atoms with E-state index in [9.17, 15) is 19.7 Å². The summed E-state index contributed by atoms with van der Waals surface area (Å²) in [6.45, 7) is 13.0. The Labute approximate surface area is 250 Å². The number of Topliss-reactive ketones (excluding diaryl/α,β-unsaturated/α-hetero) is 1. The number of nitro groups is 1. The third-order valence-electron chi connectivity index (χ3n) is 10.4. The van der Waals surface area contributed by atoms with Crippen molar-refractivity contribution >= 4 is 24.8 Å². The van der Waals surface area contributed by atoms with Crippen molar-refractivity contribution in [3.63, 3.8) is 0 Å². The quantitative estimate of drug-likeness (QED) is 0.0731. The highest BCUT2D eigenvalue weighted by Gasteiger charge is 2.68. The van der Waals surface area contributed by atoms with Gasteiger partial charge in [0.2, 0.25) is 5.91 Å². The summed E-state index contributed by atoms with van der Waals surface area (Å²) in [6.07, 6.45) is 5.66. The molecule has 13 heteroatoms. The van der Waals surface area contributed by atoms with Gasteiger partial charge in [-0.15, -0.1) is 0 Å². The zero-order valence-electron chi connectivity index (χ0n) is 26.3. The van der Waals surface area contributed by atoms with Crippen molar-refractivity contribution in [2.75, 3.05) is 26.7 Å². The van der Waals surface area contributed by atoms with Crippen LogP contribution in [0, 0.1) is 45.1 Å². The van der Waals surface area contributed by atoms with Crippen molar-refractivity contribution in [2.45, 2.75) is 104 Å². The number of piperidine rings is 1. The van der Waals surface area contributed by atoms with Crippen molar-refractivity contribution in [1.29, 1.82) is 0 Å². The molecule has 12 nitrogen and oxygen atoms in total. The van der Waals surface area contributed by atoms with E-state index in [-0.39, 0.29) is 59.6 Å². The van der Waals surface area contributed by atoms with E-state index in [1.165, 1.54) is 0 Å². The Kier molecular flexibility index (Phi) is 10.2. The molecule has 2 heterocycles. The lowest BCUT2D eigenvalue weighted by Gasteiger charge is -2.64. The summed E-state index contributed by atoms with van der Waals surface area (Å²) in [4.78, 5) is 44.0. The average molecular weight is 591 g/mol. The first-order valence-corrected chi connectivity index (χ1v) is 15.8. The number of likely N-dealkylation sites (tertiary alicyclic amines) is 1. The number of carbonyl (C=O) groups is 2. The molecule has 236 valence electrons. The minimum atomic E-state index is -0.766. The van der Waals surface area contributed by atoms with Crippen LogP contribution in [0.1, 0.15) is 86.0 Å². The topological polar surface area (TPSA) is 161 Å². The molecular formula is C29H51BN6O6. The second-order valence-electron chi connectivity index (χ2n) is 14.3. The lowest BCUT2D eigenvalue weighted by Crippen LogP contribution is -2.65. The smallest absolute Gasteiger partial charge is 0.404 e. The van der Waals surface area contributed by atoms with Gasteiger partial charge in [0.1, 0.15) is 5.78 Å². The molecule has 3 aliphatic carbocycles. The molecular weight excluding hydrogens is 539 g/mol. The van der Waals surface area contributed by atoms with E-state index in [1.54, 1.807) is 0 Å². The molecule has 0 aromatic rings. The summed E-state index contributed by atoms with van der Waals surface area (Å²) < 4.78 is 13.3. The Morgan fingerprint density at radius 1 is 1.26 bits per heavy atom. The zero-order valence-corrected chi connectivity index (χ0v) is 26.3. The molecule has 7 atom stereocenters. The lowest BCUT2D eigenvalue weighted by atomic mass is 9.43. The van der Waals surface area contributed by atoms with Crippen LogP contribution in [0.5, 0.6) is 0 Å². The SMILES string of the molecule is CC(C)C[C@H](NC(=O)[C@H](CCCN=C(N)N[N+](=O)[O-])CC(=O)C1CCCN(C)C1)B1O[C@@H]2C[C@@H]3C[C@@H](C3(C)C)[C@]2(C)O1. The number of aliphatic imine (C=N–C) groups is 1. The van der Waals surface area contributed by atoms with Gasteiger partial charge in [-0.25, -0.2) is 15.1 Å². The van der Waals surface area contributed by atoms with Crippen LogP contribution in [0.25, 0.3) is 0 Å². The minimum absolute atomic E-state index is 0.0163. The number of hydrogen-bond acceptors (Lipinski definition) is 8. The standard InChI is InChI=1S/C29H51BN6O6/c1-18(2)13-25(30-41-24-16-21-15-23(28(21,3)4)29(24,5)42-30)33-26(38)19(9-7-11-32-27(31)34-36(39)40)14-22(37)20-10-8-12-35(6)17-20/h18-21,23-25H,7-17H2,1-6H3,(H,33,38)(H3,31,32,34)/t19-,20?,21+,23+,24-,25+,29+/m1/s1. The first kappa shape index (κ1) is 32.7. The summed E-state index contributed by atoms with van der Waals surface area (Å²) in [5.41, 5.74) is 7.22. The molecule has 3 saturated carbocycles. The minimum Gasteiger partial charge on any atom is -0.404 e. The summed E-state index contributed by atoms with van der Waals surface area (Å²) in [6, 6.07) is 0. The van der Waals surface area contributed by atoms with Crippen molar-refractivity contribution < 1.29 is 23.9 Å². The molecule has 1 amide bonds. The number of hydrazine groups is 1. The van der Waals surface area contributed by atoms with Gasteiger partial charge >= 0.3 is 7.12 Å². The van der Waals surface area contributed by atoms with E-state index in [0.29, 0.717) is 43.6 Å². The molecule has 0 radical (unpaired) electrons. The maximum absolute atomic E-state index is 13.9. The average Bonchev–Trinajstić information content (AvgIpc) is 3.26. The first-order chi connectivity index (χ1) is 19.7. The van der Waals surface area contributed by atoms with Gasteiger partial charge in [-0.2, -0.15) is 0 Å². The highest BCUT2D eigenvalue weighted by molar-refractivity contribution is 6.47. The van der Waals surface area contributed by atoms with E-state index >= 15 is 0 Å². The number of nitrogens with one attached hydrogen (secondary N) is 2. The number of rotatable bonds is 13. The van der Waals surface area contributed by atoms with Gasteiger partial charge in [-0.1, -0.05) is 33.1 Å². The fourth-order valence-electron chi connectivity index (χ4n) is 7.95.